The summed E-state index contributed by atoms with van der Waals surface area (Å²) >= 11 is 8.26. The van der Waals surface area contributed by atoms with Crippen molar-refractivity contribution in [2.45, 2.75) is 12.8 Å². The third-order valence-electron chi connectivity index (χ3n) is 2.88. The van der Waals surface area contributed by atoms with Crippen LogP contribution in [0.4, 0.5) is 5.69 Å². The minimum Gasteiger partial charge on any atom is -0.324 e. The zero-order valence-electron chi connectivity index (χ0n) is 10.4. The van der Waals surface area contributed by atoms with E-state index in [1.807, 2.05) is 49.4 Å². The summed E-state index contributed by atoms with van der Waals surface area (Å²) in [5, 5.41) is 3.42. The van der Waals surface area contributed by atoms with Gasteiger partial charge >= 0.3 is 0 Å². The highest BCUT2D eigenvalue weighted by Crippen LogP contribution is 2.25. The Kier molecular flexibility index (Phi) is 4.82. The van der Waals surface area contributed by atoms with Crippen molar-refractivity contribution in [2.75, 3.05) is 5.32 Å². The summed E-state index contributed by atoms with van der Waals surface area (Å²) < 4.78 is 1.03. The van der Waals surface area contributed by atoms with Crippen molar-refractivity contribution in [3.8, 4) is 0 Å². The lowest BCUT2D eigenvalue weighted by Crippen LogP contribution is -2.19. The van der Waals surface area contributed by atoms with E-state index < -0.39 is 0 Å². The summed E-state index contributed by atoms with van der Waals surface area (Å²) in [5.41, 5.74) is 1.64. The highest BCUT2D eigenvalue weighted by molar-refractivity contribution is 14.1. The van der Waals surface area contributed by atoms with Crippen molar-refractivity contribution in [1.29, 1.82) is 0 Å². The number of amides is 1. The number of hydrogen-bond acceptors (Lipinski definition) is 1. The number of halogens is 2. The van der Waals surface area contributed by atoms with Gasteiger partial charge in [0.15, 0.2) is 0 Å². The molecule has 0 saturated carbocycles. The van der Waals surface area contributed by atoms with Gasteiger partial charge in [0.05, 0.1) is 16.6 Å². The van der Waals surface area contributed by atoms with E-state index in [9.17, 15) is 4.79 Å². The second-order valence-corrected chi connectivity index (χ2v) is 5.90. The van der Waals surface area contributed by atoms with Crippen LogP contribution in [0.5, 0.6) is 0 Å². The van der Waals surface area contributed by atoms with Gasteiger partial charge in [-0.1, -0.05) is 41.9 Å². The van der Waals surface area contributed by atoms with Crippen LogP contribution in [-0.2, 0) is 4.79 Å². The lowest BCUT2D eigenvalue weighted by Gasteiger charge is -2.13. The van der Waals surface area contributed by atoms with Crippen molar-refractivity contribution in [3.05, 3.63) is 62.7 Å². The number of nitrogens with one attached hydrogen (secondary N) is 1. The van der Waals surface area contributed by atoms with Crippen LogP contribution in [0.3, 0.4) is 0 Å². The van der Waals surface area contributed by atoms with Gasteiger partial charge in [0.1, 0.15) is 0 Å². The molecular formula is C15H13ClINO. The third kappa shape index (κ3) is 3.70. The van der Waals surface area contributed by atoms with E-state index in [0.29, 0.717) is 10.7 Å². The Bertz CT molecular complexity index is 586. The van der Waals surface area contributed by atoms with Crippen LogP contribution in [0, 0.1) is 3.57 Å². The highest BCUT2D eigenvalue weighted by Gasteiger charge is 2.16. The smallest absolute Gasteiger partial charge is 0.231 e. The Morgan fingerprint density at radius 1 is 1.21 bits per heavy atom. The standard InChI is InChI=1S/C15H13ClINO/c1-10(11-5-3-2-4-6-11)15(19)18-14-9-12(17)7-8-13(14)16/h2-10H,1H3,(H,18,19). The van der Waals surface area contributed by atoms with Crippen molar-refractivity contribution < 1.29 is 4.79 Å². The van der Waals surface area contributed by atoms with Crippen LogP contribution >= 0.6 is 34.2 Å². The van der Waals surface area contributed by atoms with Crippen molar-refractivity contribution in [3.63, 3.8) is 0 Å². The minimum absolute atomic E-state index is 0.0601. The van der Waals surface area contributed by atoms with E-state index in [2.05, 4.69) is 27.9 Å². The molecule has 2 nitrogen and oxygen atoms in total. The molecule has 0 heterocycles. The Balaban J connectivity index is 2.15. The van der Waals surface area contributed by atoms with Gasteiger partial charge in [-0.15, -0.1) is 0 Å². The molecule has 1 amide bonds. The third-order valence-corrected chi connectivity index (χ3v) is 3.88. The largest absolute Gasteiger partial charge is 0.324 e. The van der Waals surface area contributed by atoms with Gasteiger partial charge in [-0.05, 0) is 53.3 Å². The second kappa shape index (κ2) is 6.39. The van der Waals surface area contributed by atoms with Crippen LogP contribution < -0.4 is 5.32 Å². The molecule has 0 spiro atoms. The molecule has 0 bridgehead atoms. The fourth-order valence-electron chi connectivity index (χ4n) is 1.73. The van der Waals surface area contributed by atoms with E-state index in [1.165, 1.54) is 0 Å². The summed E-state index contributed by atoms with van der Waals surface area (Å²) in [6.07, 6.45) is 0. The van der Waals surface area contributed by atoms with Gasteiger partial charge in [-0.3, -0.25) is 4.79 Å². The molecule has 98 valence electrons. The van der Waals surface area contributed by atoms with Gasteiger partial charge in [-0.2, -0.15) is 0 Å². The number of carbonyl (C=O) groups excluding carboxylic acids is 1. The molecule has 4 heteroatoms. The number of rotatable bonds is 3. The molecule has 0 saturated heterocycles. The minimum atomic E-state index is -0.213. The highest BCUT2D eigenvalue weighted by atomic mass is 127. The average molecular weight is 386 g/mol. The zero-order chi connectivity index (χ0) is 13.8. The monoisotopic (exact) mass is 385 g/mol. The van der Waals surface area contributed by atoms with E-state index in [4.69, 9.17) is 11.6 Å². The first kappa shape index (κ1) is 14.3. The fourth-order valence-corrected chi connectivity index (χ4v) is 2.38. The molecule has 0 aliphatic carbocycles. The van der Waals surface area contributed by atoms with Crippen LogP contribution in [0.1, 0.15) is 18.4 Å². The molecule has 0 aliphatic rings. The van der Waals surface area contributed by atoms with Crippen LogP contribution in [0.15, 0.2) is 48.5 Å². The van der Waals surface area contributed by atoms with Crippen molar-refractivity contribution in [2.24, 2.45) is 0 Å². The van der Waals surface area contributed by atoms with Gasteiger partial charge in [0, 0.05) is 3.57 Å². The molecule has 19 heavy (non-hydrogen) atoms. The summed E-state index contributed by atoms with van der Waals surface area (Å²) in [4.78, 5) is 12.2. The lowest BCUT2D eigenvalue weighted by molar-refractivity contribution is -0.117. The molecule has 2 rings (SSSR count). The van der Waals surface area contributed by atoms with E-state index >= 15 is 0 Å². The zero-order valence-corrected chi connectivity index (χ0v) is 13.3. The molecule has 0 aliphatic heterocycles. The second-order valence-electron chi connectivity index (χ2n) is 4.25. The topological polar surface area (TPSA) is 29.1 Å². The summed E-state index contributed by atoms with van der Waals surface area (Å²) in [6.45, 7) is 1.88. The summed E-state index contributed by atoms with van der Waals surface area (Å²) in [7, 11) is 0. The molecule has 0 fully saturated rings. The number of carbonyl (C=O) groups is 1. The Labute approximate surface area is 131 Å². The van der Waals surface area contributed by atoms with Crippen molar-refractivity contribution >= 4 is 45.8 Å². The molecule has 1 N–H and O–H groups in total. The Hall–Kier alpha value is -1.07. The average Bonchev–Trinajstić information content (AvgIpc) is 2.43. The van der Waals surface area contributed by atoms with Gasteiger partial charge in [0.2, 0.25) is 5.91 Å². The maximum absolute atomic E-state index is 12.2. The quantitative estimate of drug-likeness (QED) is 0.763. The predicted molar refractivity (Wildman–Crippen MR) is 87.7 cm³/mol. The number of anilines is 1. The first-order chi connectivity index (χ1) is 9.08. The maximum atomic E-state index is 12.2. The number of hydrogen-bond donors (Lipinski definition) is 1. The summed E-state index contributed by atoms with van der Waals surface area (Å²) in [6, 6.07) is 15.2. The normalized spacial score (nSPS) is 11.9. The fraction of sp³-hybridized carbons (Fsp3) is 0.133. The van der Waals surface area contributed by atoms with Crippen LogP contribution in [0.25, 0.3) is 0 Å². The lowest BCUT2D eigenvalue weighted by atomic mass is 10.0. The first-order valence-corrected chi connectivity index (χ1v) is 7.34. The molecule has 2 aromatic rings. The van der Waals surface area contributed by atoms with Gasteiger partial charge in [-0.25, -0.2) is 0 Å². The van der Waals surface area contributed by atoms with Gasteiger partial charge < -0.3 is 5.32 Å². The van der Waals surface area contributed by atoms with E-state index in [0.717, 1.165) is 9.13 Å². The Morgan fingerprint density at radius 3 is 2.58 bits per heavy atom. The number of benzene rings is 2. The predicted octanol–water partition coefficient (Wildman–Crippen LogP) is 4.69. The maximum Gasteiger partial charge on any atom is 0.231 e. The first-order valence-electron chi connectivity index (χ1n) is 5.89. The molecule has 1 atom stereocenters. The Morgan fingerprint density at radius 2 is 1.89 bits per heavy atom. The van der Waals surface area contributed by atoms with Crippen molar-refractivity contribution in [1.82, 2.24) is 0 Å². The molecule has 0 radical (unpaired) electrons. The van der Waals surface area contributed by atoms with E-state index in [-0.39, 0.29) is 11.8 Å². The molecular weight excluding hydrogens is 373 g/mol. The van der Waals surface area contributed by atoms with Crippen LogP contribution in [-0.4, -0.2) is 5.91 Å². The SMILES string of the molecule is CC(C(=O)Nc1cc(I)ccc1Cl)c1ccccc1. The molecule has 1 unspecified atom stereocenters. The van der Waals surface area contributed by atoms with E-state index in [1.54, 1.807) is 6.07 Å². The summed E-state index contributed by atoms with van der Waals surface area (Å²) in [5.74, 6) is -0.273. The van der Waals surface area contributed by atoms with Gasteiger partial charge in [0.25, 0.3) is 0 Å². The van der Waals surface area contributed by atoms with Crippen LogP contribution in [0.2, 0.25) is 5.02 Å². The molecule has 0 aromatic heterocycles. The molecule has 2 aromatic carbocycles.